The van der Waals surface area contributed by atoms with Crippen LogP contribution in [0.3, 0.4) is 0 Å². The minimum Gasteiger partial charge on any atom is -0.497 e. The second kappa shape index (κ2) is 7.13. The van der Waals surface area contributed by atoms with E-state index in [1.165, 1.54) is 38.5 Å². The van der Waals surface area contributed by atoms with Crippen molar-refractivity contribution in [2.75, 3.05) is 14.2 Å². The quantitative estimate of drug-likeness (QED) is 0.874. The molecule has 0 bridgehead atoms. The van der Waals surface area contributed by atoms with Crippen LogP contribution < -0.4 is 14.2 Å². The molecule has 2 rings (SSSR count). The average Bonchev–Trinajstić information content (AvgIpc) is 2.59. The minimum atomic E-state index is -3.68. The highest BCUT2D eigenvalue weighted by atomic mass is 32.2. The molecule has 1 N–H and O–H groups in total. The smallest absolute Gasteiger partial charge is 0.240 e. The zero-order valence-electron chi connectivity index (χ0n) is 12.7. The Morgan fingerprint density at radius 1 is 1.09 bits per heavy atom. The number of nitriles is 1. The molecule has 0 saturated heterocycles. The summed E-state index contributed by atoms with van der Waals surface area (Å²) in [6, 6.07) is 12.8. The molecule has 2 aromatic rings. The second-order valence-electron chi connectivity index (χ2n) is 4.64. The van der Waals surface area contributed by atoms with E-state index in [0.29, 0.717) is 22.6 Å². The Hall–Kier alpha value is -2.56. The van der Waals surface area contributed by atoms with E-state index in [9.17, 15) is 8.42 Å². The van der Waals surface area contributed by atoms with Gasteiger partial charge in [-0.1, -0.05) is 0 Å². The van der Waals surface area contributed by atoms with Crippen LogP contribution in [0.2, 0.25) is 0 Å². The number of rotatable bonds is 6. The maximum atomic E-state index is 12.3. The molecule has 0 aliphatic rings. The topological polar surface area (TPSA) is 88.4 Å². The predicted octanol–water partition coefficient (Wildman–Crippen LogP) is 2.05. The van der Waals surface area contributed by atoms with Gasteiger partial charge in [0.05, 0.1) is 30.7 Å². The molecule has 0 aliphatic heterocycles. The Morgan fingerprint density at radius 3 is 2.35 bits per heavy atom. The van der Waals surface area contributed by atoms with Crippen molar-refractivity contribution in [3.8, 4) is 17.6 Å². The van der Waals surface area contributed by atoms with Crippen molar-refractivity contribution < 1.29 is 17.9 Å². The highest BCUT2D eigenvalue weighted by molar-refractivity contribution is 7.89. The van der Waals surface area contributed by atoms with Gasteiger partial charge in [0.2, 0.25) is 10.0 Å². The van der Waals surface area contributed by atoms with Crippen LogP contribution in [0, 0.1) is 11.3 Å². The zero-order valence-corrected chi connectivity index (χ0v) is 13.6. The van der Waals surface area contributed by atoms with Gasteiger partial charge in [-0.3, -0.25) is 0 Å². The molecule has 0 saturated carbocycles. The van der Waals surface area contributed by atoms with Gasteiger partial charge >= 0.3 is 0 Å². The molecule has 120 valence electrons. The Balaban J connectivity index is 2.20. The van der Waals surface area contributed by atoms with E-state index in [1.54, 1.807) is 18.2 Å². The van der Waals surface area contributed by atoms with Gasteiger partial charge in [-0.15, -0.1) is 0 Å². The lowest BCUT2D eigenvalue weighted by Crippen LogP contribution is -2.23. The summed E-state index contributed by atoms with van der Waals surface area (Å²) in [4.78, 5) is 0.0957. The number of hydrogen-bond donors (Lipinski definition) is 1. The fraction of sp³-hybridized carbons (Fsp3) is 0.188. The van der Waals surface area contributed by atoms with Crippen molar-refractivity contribution in [3.63, 3.8) is 0 Å². The zero-order chi connectivity index (χ0) is 16.9. The van der Waals surface area contributed by atoms with E-state index in [4.69, 9.17) is 14.7 Å². The molecule has 0 heterocycles. The van der Waals surface area contributed by atoms with Crippen LogP contribution in [0.15, 0.2) is 47.4 Å². The Labute approximate surface area is 135 Å². The van der Waals surface area contributed by atoms with Crippen molar-refractivity contribution >= 4 is 10.0 Å². The lowest BCUT2D eigenvalue weighted by molar-refractivity contribution is 0.398. The summed E-state index contributed by atoms with van der Waals surface area (Å²) in [6.07, 6.45) is 0. The number of sulfonamides is 1. The molecule has 6 nitrogen and oxygen atoms in total. The van der Waals surface area contributed by atoms with Gasteiger partial charge in [-0.2, -0.15) is 5.26 Å². The van der Waals surface area contributed by atoms with Crippen LogP contribution in [0.4, 0.5) is 0 Å². The summed E-state index contributed by atoms with van der Waals surface area (Å²) in [7, 11) is -0.635. The summed E-state index contributed by atoms with van der Waals surface area (Å²) < 4.78 is 37.4. The van der Waals surface area contributed by atoms with E-state index in [-0.39, 0.29) is 11.4 Å². The Kier molecular flexibility index (Phi) is 5.21. The first kappa shape index (κ1) is 16.8. The summed E-state index contributed by atoms with van der Waals surface area (Å²) in [6.45, 7) is 0.0582. The molecule has 0 spiro atoms. The summed E-state index contributed by atoms with van der Waals surface area (Å²) >= 11 is 0. The molecule has 0 aromatic heterocycles. The first-order valence-corrected chi connectivity index (χ1v) is 8.19. The lowest BCUT2D eigenvalue weighted by atomic mass is 10.2. The molecule has 0 amide bonds. The van der Waals surface area contributed by atoms with E-state index in [0.717, 1.165) is 0 Å². The highest BCUT2D eigenvalue weighted by Gasteiger charge is 2.15. The van der Waals surface area contributed by atoms with Gasteiger partial charge in [0.1, 0.15) is 11.5 Å². The molecule has 0 fully saturated rings. The molecule has 0 unspecified atom stereocenters. The average molecular weight is 332 g/mol. The normalized spacial score (nSPS) is 10.8. The van der Waals surface area contributed by atoms with Gasteiger partial charge in [0, 0.05) is 12.1 Å². The Morgan fingerprint density at radius 2 is 1.78 bits per heavy atom. The maximum absolute atomic E-state index is 12.3. The summed E-state index contributed by atoms with van der Waals surface area (Å²) in [5.74, 6) is 1.17. The Bertz CT molecular complexity index is 824. The van der Waals surface area contributed by atoms with Crippen LogP contribution in [0.25, 0.3) is 0 Å². The maximum Gasteiger partial charge on any atom is 0.240 e. The second-order valence-corrected chi connectivity index (χ2v) is 6.41. The molecule has 0 radical (unpaired) electrons. The number of hydrogen-bond acceptors (Lipinski definition) is 5. The molecule has 2 aromatic carbocycles. The fourth-order valence-electron chi connectivity index (χ4n) is 1.98. The van der Waals surface area contributed by atoms with Crippen LogP contribution in [-0.2, 0) is 16.6 Å². The van der Waals surface area contributed by atoms with Gasteiger partial charge in [-0.05, 0) is 42.5 Å². The fourth-order valence-corrected chi connectivity index (χ4v) is 2.99. The van der Waals surface area contributed by atoms with Crippen LogP contribution in [0.5, 0.6) is 11.5 Å². The highest BCUT2D eigenvalue weighted by Crippen LogP contribution is 2.24. The molecule has 0 aliphatic carbocycles. The van der Waals surface area contributed by atoms with Crippen molar-refractivity contribution in [1.29, 1.82) is 5.26 Å². The number of nitrogens with zero attached hydrogens (tertiary/aromatic N) is 1. The predicted molar refractivity (Wildman–Crippen MR) is 84.7 cm³/mol. The van der Waals surface area contributed by atoms with E-state index in [1.807, 2.05) is 6.07 Å². The van der Waals surface area contributed by atoms with Crippen molar-refractivity contribution in [2.45, 2.75) is 11.4 Å². The molecular weight excluding hydrogens is 316 g/mol. The lowest BCUT2D eigenvalue weighted by Gasteiger charge is -2.12. The molecular formula is C16H16N2O4S. The standard InChI is InChI=1S/C16H16N2O4S/c1-21-14-5-8-16(22-2)13(9-14)11-18-23(19,20)15-6-3-12(10-17)4-7-15/h3-9,18H,11H2,1-2H3. The van der Waals surface area contributed by atoms with Gasteiger partial charge in [-0.25, -0.2) is 13.1 Å². The van der Waals surface area contributed by atoms with E-state index >= 15 is 0 Å². The molecule has 23 heavy (non-hydrogen) atoms. The minimum absolute atomic E-state index is 0.0582. The molecule has 7 heteroatoms. The van der Waals surface area contributed by atoms with Gasteiger partial charge < -0.3 is 9.47 Å². The summed E-state index contributed by atoms with van der Waals surface area (Å²) in [5, 5.41) is 8.75. The van der Waals surface area contributed by atoms with Crippen molar-refractivity contribution in [3.05, 3.63) is 53.6 Å². The third kappa shape index (κ3) is 4.00. The van der Waals surface area contributed by atoms with Crippen molar-refractivity contribution in [1.82, 2.24) is 4.72 Å². The van der Waals surface area contributed by atoms with E-state index in [2.05, 4.69) is 4.72 Å². The van der Waals surface area contributed by atoms with Crippen LogP contribution >= 0.6 is 0 Å². The largest absolute Gasteiger partial charge is 0.497 e. The summed E-state index contributed by atoms with van der Waals surface area (Å²) in [5.41, 5.74) is 1.06. The first-order chi connectivity index (χ1) is 11.0. The third-order valence-electron chi connectivity index (χ3n) is 3.23. The molecule has 0 atom stereocenters. The number of benzene rings is 2. The first-order valence-electron chi connectivity index (χ1n) is 6.71. The number of nitrogens with one attached hydrogen (secondary N) is 1. The van der Waals surface area contributed by atoms with Gasteiger partial charge in [0.25, 0.3) is 0 Å². The van der Waals surface area contributed by atoms with Gasteiger partial charge in [0.15, 0.2) is 0 Å². The van der Waals surface area contributed by atoms with E-state index < -0.39 is 10.0 Å². The van der Waals surface area contributed by atoms with Crippen LogP contribution in [0.1, 0.15) is 11.1 Å². The third-order valence-corrected chi connectivity index (χ3v) is 4.65. The van der Waals surface area contributed by atoms with Crippen molar-refractivity contribution in [2.24, 2.45) is 0 Å². The van der Waals surface area contributed by atoms with Crippen LogP contribution in [-0.4, -0.2) is 22.6 Å². The SMILES string of the molecule is COc1ccc(OC)c(CNS(=O)(=O)c2ccc(C#N)cc2)c1. The monoisotopic (exact) mass is 332 g/mol. The number of methoxy groups -OCH3 is 2. The number of ether oxygens (including phenoxy) is 2.